The predicted molar refractivity (Wildman–Crippen MR) is 63.9 cm³/mol. The summed E-state index contributed by atoms with van der Waals surface area (Å²) in [6, 6.07) is 7.00. The van der Waals surface area contributed by atoms with E-state index in [9.17, 15) is 0 Å². The molecule has 0 bridgehead atoms. The van der Waals surface area contributed by atoms with Gasteiger partial charge in [-0.2, -0.15) is 0 Å². The van der Waals surface area contributed by atoms with Crippen LogP contribution in [0.4, 0.5) is 0 Å². The summed E-state index contributed by atoms with van der Waals surface area (Å²) in [5.74, 6) is 0.677. The van der Waals surface area contributed by atoms with Crippen molar-refractivity contribution in [2.45, 2.75) is 52.9 Å². The van der Waals surface area contributed by atoms with Gasteiger partial charge in [0, 0.05) is 0 Å². The standard InChI is InChI=1S/C12H16.C2H6/c1-9(2)11-7-6-10-4-3-5-12(10)8-11;1-2/h6-9H,3-5H2,1-2H3;1-2H3. The Bertz CT molecular complexity index is 284. The van der Waals surface area contributed by atoms with E-state index in [2.05, 4.69) is 32.0 Å². The molecular formula is C14H22. The maximum absolute atomic E-state index is 2.40. The molecule has 0 amide bonds. The topological polar surface area (TPSA) is 0 Å². The van der Waals surface area contributed by atoms with Crippen LogP contribution >= 0.6 is 0 Å². The predicted octanol–water partition coefficient (Wildman–Crippen LogP) is 4.32. The van der Waals surface area contributed by atoms with E-state index in [-0.39, 0.29) is 0 Å². The van der Waals surface area contributed by atoms with Crippen molar-refractivity contribution >= 4 is 0 Å². The van der Waals surface area contributed by atoms with E-state index in [0.717, 1.165) is 0 Å². The number of hydrogen-bond donors (Lipinski definition) is 0. The maximum Gasteiger partial charge on any atom is -0.0219 e. The first-order valence-electron chi connectivity index (χ1n) is 5.89. The van der Waals surface area contributed by atoms with Crippen LogP contribution in [0, 0.1) is 0 Å². The number of fused-ring (bicyclic) bond motifs is 1. The fourth-order valence-corrected chi connectivity index (χ4v) is 1.95. The molecule has 2 rings (SSSR count). The molecule has 1 aromatic rings. The van der Waals surface area contributed by atoms with E-state index < -0.39 is 0 Å². The molecule has 14 heavy (non-hydrogen) atoms. The van der Waals surface area contributed by atoms with Crippen molar-refractivity contribution in [2.75, 3.05) is 0 Å². The van der Waals surface area contributed by atoms with Gasteiger partial charge in [0.2, 0.25) is 0 Å². The molecule has 78 valence electrons. The SMILES string of the molecule is CC.CC(C)c1ccc2c(c1)CCC2. The summed E-state index contributed by atoms with van der Waals surface area (Å²) in [5.41, 5.74) is 4.68. The minimum Gasteiger partial charge on any atom is -0.0683 e. The van der Waals surface area contributed by atoms with Crippen molar-refractivity contribution in [1.29, 1.82) is 0 Å². The van der Waals surface area contributed by atoms with Crippen LogP contribution < -0.4 is 0 Å². The largest absolute Gasteiger partial charge is 0.0683 e. The lowest BCUT2D eigenvalue weighted by atomic mass is 9.99. The van der Waals surface area contributed by atoms with Crippen molar-refractivity contribution in [3.8, 4) is 0 Å². The summed E-state index contributed by atoms with van der Waals surface area (Å²) in [7, 11) is 0. The smallest absolute Gasteiger partial charge is 0.0219 e. The molecule has 1 aliphatic carbocycles. The fraction of sp³-hybridized carbons (Fsp3) is 0.571. The minimum atomic E-state index is 0.677. The molecule has 0 saturated carbocycles. The Labute approximate surface area is 88.4 Å². The van der Waals surface area contributed by atoms with Gasteiger partial charge >= 0.3 is 0 Å². The Morgan fingerprint density at radius 2 is 1.64 bits per heavy atom. The van der Waals surface area contributed by atoms with Gasteiger partial charge in [0.05, 0.1) is 0 Å². The first-order chi connectivity index (χ1) is 6.77. The molecule has 0 aromatic heterocycles. The molecule has 0 heterocycles. The highest BCUT2D eigenvalue weighted by atomic mass is 14.2. The molecule has 0 fully saturated rings. The molecule has 0 nitrogen and oxygen atoms in total. The monoisotopic (exact) mass is 190 g/mol. The Kier molecular flexibility index (Phi) is 4.19. The van der Waals surface area contributed by atoms with Crippen LogP contribution in [0.1, 0.15) is 56.7 Å². The van der Waals surface area contributed by atoms with Gasteiger partial charge in [-0.25, -0.2) is 0 Å². The van der Waals surface area contributed by atoms with E-state index in [0.29, 0.717) is 5.92 Å². The summed E-state index contributed by atoms with van der Waals surface area (Å²) in [6.45, 7) is 8.52. The summed E-state index contributed by atoms with van der Waals surface area (Å²) in [6.07, 6.45) is 3.96. The Morgan fingerprint density at radius 3 is 2.29 bits per heavy atom. The molecule has 0 saturated heterocycles. The second-order valence-electron chi connectivity index (χ2n) is 4.04. The Morgan fingerprint density at radius 1 is 1.00 bits per heavy atom. The van der Waals surface area contributed by atoms with Crippen molar-refractivity contribution in [3.63, 3.8) is 0 Å². The maximum atomic E-state index is 2.40. The third-order valence-electron chi connectivity index (χ3n) is 2.79. The average Bonchev–Trinajstić information content (AvgIpc) is 2.67. The first-order valence-corrected chi connectivity index (χ1v) is 5.89. The normalized spacial score (nSPS) is 13.5. The van der Waals surface area contributed by atoms with Gasteiger partial charge in [0.15, 0.2) is 0 Å². The van der Waals surface area contributed by atoms with Gasteiger partial charge in [0.25, 0.3) is 0 Å². The number of benzene rings is 1. The molecule has 0 heteroatoms. The highest BCUT2D eigenvalue weighted by Crippen LogP contribution is 2.25. The van der Waals surface area contributed by atoms with Gasteiger partial charge in [0.1, 0.15) is 0 Å². The van der Waals surface area contributed by atoms with E-state index in [1.54, 1.807) is 11.1 Å². The third kappa shape index (κ3) is 2.37. The van der Waals surface area contributed by atoms with Crippen LogP contribution in [-0.4, -0.2) is 0 Å². The Hall–Kier alpha value is -0.780. The molecule has 0 N–H and O–H groups in total. The van der Waals surface area contributed by atoms with Gasteiger partial charge in [-0.3, -0.25) is 0 Å². The van der Waals surface area contributed by atoms with Crippen LogP contribution in [0.5, 0.6) is 0 Å². The van der Waals surface area contributed by atoms with Gasteiger partial charge in [-0.1, -0.05) is 45.9 Å². The molecule has 0 aliphatic heterocycles. The van der Waals surface area contributed by atoms with E-state index in [1.165, 1.54) is 24.8 Å². The molecular weight excluding hydrogens is 168 g/mol. The second-order valence-corrected chi connectivity index (χ2v) is 4.04. The van der Waals surface area contributed by atoms with Crippen LogP contribution in [0.25, 0.3) is 0 Å². The average molecular weight is 190 g/mol. The third-order valence-corrected chi connectivity index (χ3v) is 2.79. The first kappa shape index (κ1) is 11.3. The Balaban J connectivity index is 0.000000461. The van der Waals surface area contributed by atoms with Gasteiger partial charge < -0.3 is 0 Å². The van der Waals surface area contributed by atoms with Crippen LogP contribution in [-0.2, 0) is 12.8 Å². The summed E-state index contributed by atoms with van der Waals surface area (Å²) in [5, 5.41) is 0. The van der Waals surface area contributed by atoms with Crippen LogP contribution in [0.2, 0.25) is 0 Å². The molecule has 0 atom stereocenters. The lowest BCUT2D eigenvalue weighted by Crippen LogP contribution is -1.90. The van der Waals surface area contributed by atoms with Crippen molar-refractivity contribution in [1.82, 2.24) is 0 Å². The zero-order chi connectivity index (χ0) is 10.6. The molecule has 0 unspecified atom stereocenters. The van der Waals surface area contributed by atoms with E-state index >= 15 is 0 Å². The number of rotatable bonds is 1. The number of hydrogen-bond acceptors (Lipinski definition) is 0. The summed E-state index contributed by atoms with van der Waals surface area (Å²) >= 11 is 0. The molecule has 0 radical (unpaired) electrons. The molecule has 1 aromatic carbocycles. The minimum absolute atomic E-state index is 0.677. The van der Waals surface area contributed by atoms with Crippen LogP contribution in [0.3, 0.4) is 0 Å². The van der Waals surface area contributed by atoms with Gasteiger partial charge in [-0.05, 0) is 41.9 Å². The van der Waals surface area contributed by atoms with Crippen molar-refractivity contribution < 1.29 is 0 Å². The molecule has 1 aliphatic rings. The summed E-state index contributed by atoms with van der Waals surface area (Å²) < 4.78 is 0. The highest BCUT2D eigenvalue weighted by Gasteiger charge is 2.11. The van der Waals surface area contributed by atoms with E-state index in [4.69, 9.17) is 0 Å². The lowest BCUT2D eigenvalue weighted by Gasteiger charge is -2.07. The highest BCUT2D eigenvalue weighted by molar-refractivity contribution is 5.36. The zero-order valence-electron chi connectivity index (χ0n) is 9.93. The van der Waals surface area contributed by atoms with E-state index in [1.807, 2.05) is 13.8 Å². The van der Waals surface area contributed by atoms with Crippen LogP contribution in [0.15, 0.2) is 18.2 Å². The van der Waals surface area contributed by atoms with Crippen molar-refractivity contribution in [3.05, 3.63) is 34.9 Å². The molecule has 0 spiro atoms. The quantitative estimate of drug-likeness (QED) is 0.618. The van der Waals surface area contributed by atoms with Gasteiger partial charge in [-0.15, -0.1) is 0 Å². The summed E-state index contributed by atoms with van der Waals surface area (Å²) in [4.78, 5) is 0. The fourth-order valence-electron chi connectivity index (χ4n) is 1.95. The number of aryl methyl sites for hydroxylation is 2. The second kappa shape index (κ2) is 5.19. The lowest BCUT2D eigenvalue weighted by molar-refractivity contribution is 0.862. The van der Waals surface area contributed by atoms with Crippen molar-refractivity contribution in [2.24, 2.45) is 0 Å². The zero-order valence-corrected chi connectivity index (χ0v) is 9.93.